The lowest BCUT2D eigenvalue weighted by Gasteiger charge is -2.21. The molecule has 3 nitrogen and oxygen atoms in total. The maximum atomic E-state index is 5.79. The van der Waals surface area contributed by atoms with Crippen LogP contribution in [0, 0.1) is 0 Å². The summed E-state index contributed by atoms with van der Waals surface area (Å²) in [6.45, 7) is 10.2. The fraction of sp³-hybridized carbons (Fsp3) is 0.364. The summed E-state index contributed by atoms with van der Waals surface area (Å²) < 4.78 is 10.9. The van der Waals surface area contributed by atoms with Crippen molar-refractivity contribution in [1.29, 1.82) is 0 Å². The molecule has 1 aromatic heterocycles. The van der Waals surface area contributed by atoms with Gasteiger partial charge in [-0.1, -0.05) is 18.2 Å². The number of halogens is 1. The van der Waals surface area contributed by atoms with Crippen molar-refractivity contribution in [2.45, 2.75) is 19.6 Å². The summed E-state index contributed by atoms with van der Waals surface area (Å²) in [6.07, 6.45) is 0. The fourth-order valence-corrected chi connectivity index (χ4v) is 2.20. The van der Waals surface area contributed by atoms with Crippen LogP contribution in [-0.4, -0.2) is 20.4 Å². The SMILES string of the molecule is C=C(O[Si](C)(C)C)c1ccc(Cl)nc1OC. The predicted octanol–water partition coefficient (Wildman–Crippen LogP) is 3.57. The highest BCUT2D eigenvalue weighted by Gasteiger charge is 2.19. The molecule has 5 heteroatoms. The highest BCUT2D eigenvalue weighted by molar-refractivity contribution is 6.70. The van der Waals surface area contributed by atoms with E-state index in [1.807, 2.05) is 0 Å². The Morgan fingerprint density at radius 3 is 2.50 bits per heavy atom. The number of hydrogen-bond acceptors (Lipinski definition) is 3. The topological polar surface area (TPSA) is 31.4 Å². The minimum atomic E-state index is -1.67. The highest BCUT2D eigenvalue weighted by atomic mass is 35.5. The van der Waals surface area contributed by atoms with Gasteiger partial charge < -0.3 is 9.16 Å². The number of aromatic nitrogens is 1. The standard InChI is InChI=1S/C11H16ClNO2Si/c1-8(15-16(3,4)5)9-6-7-10(12)13-11(9)14-2/h6-7H,1H2,2-5H3. The molecule has 0 bridgehead atoms. The molecule has 0 aromatic carbocycles. The molecule has 0 N–H and O–H groups in total. The Balaban J connectivity index is 2.99. The summed E-state index contributed by atoms with van der Waals surface area (Å²) in [5.41, 5.74) is 0.745. The molecule has 0 aliphatic rings. The summed E-state index contributed by atoms with van der Waals surface area (Å²) in [7, 11) is -0.123. The third-order valence-corrected chi connectivity index (χ3v) is 2.82. The first-order valence-electron chi connectivity index (χ1n) is 4.92. The van der Waals surface area contributed by atoms with Gasteiger partial charge in [0, 0.05) is 0 Å². The molecule has 16 heavy (non-hydrogen) atoms. The first kappa shape index (κ1) is 13.1. The number of methoxy groups -OCH3 is 1. The average Bonchev–Trinajstić information content (AvgIpc) is 2.14. The van der Waals surface area contributed by atoms with Gasteiger partial charge in [-0.3, -0.25) is 0 Å². The number of rotatable bonds is 4. The van der Waals surface area contributed by atoms with Gasteiger partial charge in [-0.25, -0.2) is 4.98 Å². The van der Waals surface area contributed by atoms with E-state index >= 15 is 0 Å². The molecule has 0 fully saturated rings. The minimum absolute atomic E-state index is 0.390. The van der Waals surface area contributed by atoms with Crippen LogP contribution < -0.4 is 4.74 Å². The number of hydrogen-bond donors (Lipinski definition) is 0. The number of ether oxygens (including phenoxy) is 1. The van der Waals surface area contributed by atoms with Gasteiger partial charge in [0.15, 0.2) is 0 Å². The van der Waals surface area contributed by atoms with Gasteiger partial charge in [-0.05, 0) is 31.8 Å². The van der Waals surface area contributed by atoms with Gasteiger partial charge in [0.05, 0.1) is 12.7 Å². The Hall–Kier alpha value is -1.00. The molecule has 0 saturated carbocycles. The summed E-state index contributed by atoms with van der Waals surface area (Å²) in [5.74, 6) is 1.02. The zero-order valence-corrected chi connectivity index (χ0v) is 11.8. The maximum absolute atomic E-state index is 5.79. The monoisotopic (exact) mass is 257 g/mol. The summed E-state index contributed by atoms with van der Waals surface area (Å²) in [6, 6.07) is 3.49. The van der Waals surface area contributed by atoms with E-state index < -0.39 is 8.32 Å². The normalized spacial score (nSPS) is 11.1. The van der Waals surface area contributed by atoms with Gasteiger partial charge in [0.25, 0.3) is 0 Å². The summed E-state index contributed by atoms with van der Waals surface area (Å²) in [4.78, 5) is 4.06. The second-order valence-corrected chi connectivity index (χ2v) is 9.14. The fourth-order valence-electron chi connectivity index (χ4n) is 1.21. The van der Waals surface area contributed by atoms with Crippen molar-refractivity contribution in [1.82, 2.24) is 4.98 Å². The minimum Gasteiger partial charge on any atom is -0.544 e. The Kier molecular flexibility index (Phi) is 3.99. The molecular weight excluding hydrogens is 242 g/mol. The molecular formula is C11H16ClNO2Si. The van der Waals surface area contributed by atoms with Crippen molar-refractivity contribution < 1.29 is 9.16 Å². The van der Waals surface area contributed by atoms with Gasteiger partial charge in [0.2, 0.25) is 14.2 Å². The van der Waals surface area contributed by atoms with Crippen molar-refractivity contribution in [3.05, 3.63) is 29.4 Å². The molecule has 0 amide bonds. The Morgan fingerprint density at radius 1 is 1.38 bits per heavy atom. The van der Waals surface area contributed by atoms with Gasteiger partial charge in [-0.15, -0.1) is 0 Å². The lowest BCUT2D eigenvalue weighted by molar-refractivity contribution is 0.392. The molecule has 0 spiro atoms. The van der Waals surface area contributed by atoms with Crippen LogP contribution in [0.3, 0.4) is 0 Å². The van der Waals surface area contributed by atoms with Crippen LogP contribution in [0.15, 0.2) is 18.7 Å². The number of pyridine rings is 1. The lowest BCUT2D eigenvalue weighted by Crippen LogP contribution is -2.24. The lowest BCUT2D eigenvalue weighted by atomic mass is 10.2. The van der Waals surface area contributed by atoms with E-state index in [2.05, 4.69) is 31.2 Å². The molecule has 0 radical (unpaired) electrons. The Bertz CT molecular complexity index is 401. The smallest absolute Gasteiger partial charge is 0.242 e. The predicted molar refractivity (Wildman–Crippen MR) is 69.3 cm³/mol. The quantitative estimate of drug-likeness (QED) is 0.470. The molecule has 1 rings (SSSR count). The van der Waals surface area contributed by atoms with Crippen LogP contribution >= 0.6 is 11.6 Å². The van der Waals surface area contributed by atoms with E-state index in [0.717, 1.165) is 5.56 Å². The van der Waals surface area contributed by atoms with Crippen molar-refractivity contribution >= 4 is 25.7 Å². The van der Waals surface area contributed by atoms with E-state index in [1.165, 1.54) is 0 Å². The van der Waals surface area contributed by atoms with Crippen LogP contribution in [0.1, 0.15) is 5.56 Å². The third kappa shape index (κ3) is 3.54. The Morgan fingerprint density at radius 2 is 2.00 bits per heavy atom. The van der Waals surface area contributed by atoms with E-state index in [4.69, 9.17) is 20.8 Å². The van der Waals surface area contributed by atoms with Crippen LogP contribution in [0.2, 0.25) is 24.8 Å². The van der Waals surface area contributed by atoms with Gasteiger partial charge in [-0.2, -0.15) is 0 Å². The Labute approximate surface area is 102 Å². The molecule has 0 aliphatic heterocycles. The van der Waals surface area contributed by atoms with Crippen LogP contribution in [0.5, 0.6) is 5.88 Å². The zero-order chi connectivity index (χ0) is 12.3. The van der Waals surface area contributed by atoms with Crippen molar-refractivity contribution in [3.63, 3.8) is 0 Å². The molecule has 0 aliphatic carbocycles. The molecule has 0 atom stereocenters. The summed E-state index contributed by atoms with van der Waals surface area (Å²) in [5, 5.41) is 0.390. The van der Waals surface area contributed by atoms with Crippen molar-refractivity contribution in [3.8, 4) is 5.88 Å². The van der Waals surface area contributed by atoms with Gasteiger partial charge >= 0.3 is 0 Å². The molecule has 0 saturated heterocycles. The first-order valence-corrected chi connectivity index (χ1v) is 8.71. The maximum Gasteiger partial charge on any atom is 0.242 e. The van der Waals surface area contributed by atoms with Crippen LogP contribution in [-0.2, 0) is 4.43 Å². The van der Waals surface area contributed by atoms with Gasteiger partial charge in [0.1, 0.15) is 10.9 Å². The molecule has 0 unspecified atom stereocenters. The van der Waals surface area contributed by atoms with Crippen LogP contribution in [0.4, 0.5) is 0 Å². The third-order valence-electron chi connectivity index (χ3n) is 1.75. The largest absolute Gasteiger partial charge is 0.544 e. The van der Waals surface area contributed by atoms with Crippen molar-refractivity contribution in [2.24, 2.45) is 0 Å². The molecule has 1 aromatic rings. The average molecular weight is 258 g/mol. The highest BCUT2D eigenvalue weighted by Crippen LogP contribution is 2.27. The molecule has 1 heterocycles. The zero-order valence-electron chi connectivity index (χ0n) is 10.0. The number of nitrogens with zero attached hydrogens (tertiary/aromatic N) is 1. The second kappa shape index (κ2) is 4.89. The van der Waals surface area contributed by atoms with E-state index in [0.29, 0.717) is 16.8 Å². The molecule has 88 valence electrons. The van der Waals surface area contributed by atoms with E-state index in [9.17, 15) is 0 Å². The van der Waals surface area contributed by atoms with E-state index in [-0.39, 0.29) is 0 Å². The van der Waals surface area contributed by atoms with E-state index in [1.54, 1.807) is 19.2 Å². The second-order valence-electron chi connectivity index (χ2n) is 4.33. The van der Waals surface area contributed by atoms with Crippen molar-refractivity contribution in [2.75, 3.05) is 7.11 Å². The van der Waals surface area contributed by atoms with Crippen LogP contribution in [0.25, 0.3) is 5.76 Å². The summed E-state index contributed by atoms with van der Waals surface area (Å²) >= 11 is 5.78. The first-order chi connectivity index (χ1) is 7.33.